The van der Waals surface area contributed by atoms with Crippen LogP contribution in [0.1, 0.15) is 12.8 Å². The monoisotopic (exact) mass is 514 g/mol. The fraction of sp³-hybridized carbons (Fsp3) is 0.240. The first kappa shape index (κ1) is 23.4. The van der Waals surface area contributed by atoms with Crippen LogP contribution in [0.3, 0.4) is 0 Å². The standard InChI is InChI=1S/C25H21Cl2FN4O3/c1-3-22(33)31-7-4-14(5-8-31)35-21-10-16-19(12-20(21)34-2)29-13-30-25(16)32-9-6-15-23(27)17(26)11-18(28)24(15)32/h3,6,9-14H,1,4-5,7-8H2,2H3. The summed E-state index contributed by atoms with van der Waals surface area (Å²) < 4.78 is 28.4. The Labute approximate surface area is 210 Å². The van der Waals surface area contributed by atoms with E-state index in [1.54, 1.807) is 41.0 Å². The number of benzene rings is 2. The molecule has 5 rings (SSSR count). The molecular weight excluding hydrogens is 494 g/mol. The number of ether oxygens (including phenoxy) is 2. The third-order valence-corrected chi connectivity index (χ3v) is 6.96. The minimum absolute atomic E-state index is 0.0823. The summed E-state index contributed by atoms with van der Waals surface area (Å²) >= 11 is 12.4. The van der Waals surface area contributed by atoms with Crippen molar-refractivity contribution in [1.29, 1.82) is 0 Å². The van der Waals surface area contributed by atoms with Crippen LogP contribution in [0.15, 0.2) is 49.4 Å². The topological polar surface area (TPSA) is 69.5 Å². The molecule has 1 aliphatic heterocycles. The quantitative estimate of drug-likeness (QED) is 0.256. The summed E-state index contributed by atoms with van der Waals surface area (Å²) in [5.41, 5.74) is 0.866. The van der Waals surface area contributed by atoms with Crippen molar-refractivity contribution < 1.29 is 18.7 Å². The van der Waals surface area contributed by atoms with E-state index in [9.17, 15) is 9.18 Å². The lowest BCUT2D eigenvalue weighted by Crippen LogP contribution is -2.41. The Morgan fingerprint density at radius 3 is 2.66 bits per heavy atom. The minimum Gasteiger partial charge on any atom is -0.493 e. The molecule has 0 spiro atoms. The molecule has 35 heavy (non-hydrogen) atoms. The largest absolute Gasteiger partial charge is 0.493 e. The van der Waals surface area contributed by atoms with Gasteiger partial charge in [0.2, 0.25) is 5.91 Å². The number of methoxy groups -OCH3 is 1. The van der Waals surface area contributed by atoms with Crippen LogP contribution >= 0.6 is 23.2 Å². The summed E-state index contributed by atoms with van der Waals surface area (Å²) in [4.78, 5) is 22.4. The molecule has 0 saturated carbocycles. The van der Waals surface area contributed by atoms with Crippen LogP contribution in [0.2, 0.25) is 10.0 Å². The van der Waals surface area contributed by atoms with Gasteiger partial charge in [-0.15, -0.1) is 0 Å². The van der Waals surface area contributed by atoms with Gasteiger partial charge in [-0.05, 0) is 24.3 Å². The molecule has 1 amide bonds. The molecule has 2 aromatic carbocycles. The maximum atomic E-state index is 14.9. The molecule has 0 unspecified atom stereocenters. The van der Waals surface area contributed by atoms with Crippen LogP contribution in [0, 0.1) is 5.82 Å². The second kappa shape index (κ2) is 9.36. The molecule has 3 heterocycles. The third kappa shape index (κ3) is 4.17. The number of carbonyl (C=O) groups is 1. The first-order valence-corrected chi connectivity index (χ1v) is 11.7. The molecule has 1 aliphatic rings. The van der Waals surface area contributed by atoms with Gasteiger partial charge in [0.25, 0.3) is 0 Å². The summed E-state index contributed by atoms with van der Waals surface area (Å²) in [6.45, 7) is 4.71. The first-order valence-electron chi connectivity index (χ1n) is 11.0. The van der Waals surface area contributed by atoms with E-state index in [1.807, 2.05) is 0 Å². The number of nitrogens with zero attached hydrogens (tertiary/aromatic N) is 4. The number of aromatic nitrogens is 3. The molecule has 10 heteroatoms. The number of amides is 1. The fourth-order valence-corrected chi connectivity index (χ4v) is 4.80. The lowest BCUT2D eigenvalue weighted by atomic mass is 10.1. The van der Waals surface area contributed by atoms with Gasteiger partial charge in [0.05, 0.1) is 28.2 Å². The van der Waals surface area contributed by atoms with Gasteiger partial charge >= 0.3 is 0 Å². The van der Waals surface area contributed by atoms with Crippen molar-refractivity contribution in [2.24, 2.45) is 0 Å². The zero-order valence-corrected chi connectivity index (χ0v) is 20.3. The second-order valence-corrected chi connectivity index (χ2v) is 8.95. The van der Waals surface area contributed by atoms with E-state index in [0.29, 0.717) is 59.5 Å². The van der Waals surface area contributed by atoms with Gasteiger partial charge in [-0.3, -0.25) is 9.36 Å². The SMILES string of the molecule is C=CC(=O)N1CCC(Oc2cc3c(-n4ccc5c(Cl)c(Cl)cc(F)c54)ncnc3cc2OC)CC1. The van der Waals surface area contributed by atoms with Crippen LogP contribution in [-0.2, 0) is 4.79 Å². The second-order valence-electron chi connectivity index (χ2n) is 8.17. The normalized spacial score (nSPS) is 14.5. The zero-order chi connectivity index (χ0) is 24.7. The average molecular weight is 515 g/mol. The van der Waals surface area contributed by atoms with Crippen molar-refractivity contribution in [3.8, 4) is 17.3 Å². The Hall–Kier alpha value is -3.36. The molecule has 0 N–H and O–H groups in total. The van der Waals surface area contributed by atoms with Crippen molar-refractivity contribution in [2.75, 3.05) is 20.2 Å². The summed E-state index contributed by atoms with van der Waals surface area (Å²) in [6.07, 6.45) is 5.66. The number of fused-ring (bicyclic) bond motifs is 2. The van der Waals surface area contributed by atoms with Gasteiger partial charge in [0.15, 0.2) is 11.5 Å². The van der Waals surface area contributed by atoms with E-state index in [4.69, 9.17) is 32.7 Å². The number of piperidine rings is 1. The molecule has 0 radical (unpaired) electrons. The van der Waals surface area contributed by atoms with Crippen molar-refractivity contribution in [3.63, 3.8) is 0 Å². The lowest BCUT2D eigenvalue weighted by Gasteiger charge is -2.31. The highest BCUT2D eigenvalue weighted by Gasteiger charge is 2.24. The Morgan fingerprint density at radius 2 is 1.94 bits per heavy atom. The third-order valence-electron chi connectivity index (χ3n) is 6.16. The summed E-state index contributed by atoms with van der Waals surface area (Å²) in [5, 5.41) is 1.54. The molecule has 0 bridgehead atoms. The first-order chi connectivity index (χ1) is 16.9. The van der Waals surface area contributed by atoms with Gasteiger partial charge < -0.3 is 14.4 Å². The molecule has 1 saturated heterocycles. The van der Waals surface area contributed by atoms with E-state index in [-0.39, 0.29) is 27.6 Å². The van der Waals surface area contributed by atoms with E-state index < -0.39 is 5.82 Å². The molecule has 180 valence electrons. The molecule has 0 atom stereocenters. The van der Waals surface area contributed by atoms with Crippen molar-refractivity contribution in [3.05, 3.63) is 65.3 Å². The fourth-order valence-electron chi connectivity index (χ4n) is 4.40. The van der Waals surface area contributed by atoms with Gasteiger partial charge in [-0.2, -0.15) is 0 Å². The van der Waals surface area contributed by atoms with Gasteiger partial charge in [-0.1, -0.05) is 29.8 Å². The van der Waals surface area contributed by atoms with Crippen LogP contribution in [0.4, 0.5) is 4.39 Å². The molecular formula is C25H21Cl2FN4O3. The summed E-state index contributed by atoms with van der Waals surface area (Å²) in [6, 6.07) is 6.44. The Bertz CT molecular complexity index is 1460. The maximum Gasteiger partial charge on any atom is 0.245 e. The van der Waals surface area contributed by atoms with Crippen molar-refractivity contribution in [2.45, 2.75) is 18.9 Å². The molecule has 0 aliphatic carbocycles. The lowest BCUT2D eigenvalue weighted by molar-refractivity contribution is -0.127. The zero-order valence-electron chi connectivity index (χ0n) is 18.8. The predicted octanol–water partition coefficient (Wildman–Crippen LogP) is 5.58. The minimum atomic E-state index is -0.517. The van der Waals surface area contributed by atoms with Crippen LogP contribution in [0.25, 0.3) is 27.6 Å². The number of hydrogen-bond donors (Lipinski definition) is 0. The summed E-state index contributed by atoms with van der Waals surface area (Å²) in [7, 11) is 1.56. The number of likely N-dealkylation sites (tertiary alicyclic amines) is 1. The average Bonchev–Trinajstić information content (AvgIpc) is 3.32. The van der Waals surface area contributed by atoms with E-state index in [1.165, 1.54) is 18.5 Å². The van der Waals surface area contributed by atoms with E-state index >= 15 is 0 Å². The van der Waals surface area contributed by atoms with Crippen LogP contribution in [0.5, 0.6) is 11.5 Å². The summed E-state index contributed by atoms with van der Waals surface area (Å²) in [5.74, 6) is 0.895. The van der Waals surface area contributed by atoms with E-state index in [2.05, 4.69) is 16.5 Å². The Balaban J connectivity index is 1.55. The number of rotatable bonds is 5. The molecule has 1 fully saturated rings. The van der Waals surface area contributed by atoms with Gasteiger partial charge in [0, 0.05) is 49.0 Å². The highest BCUT2D eigenvalue weighted by Crippen LogP contribution is 2.38. The van der Waals surface area contributed by atoms with Crippen molar-refractivity contribution >= 4 is 50.9 Å². The number of carbonyl (C=O) groups excluding carboxylic acids is 1. The Morgan fingerprint density at radius 1 is 1.17 bits per heavy atom. The van der Waals surface area contributed by atoms with Crippen LogP contribution < -0.4 is 9.47 Å². The molecule has 7 nitrogen and oxygen atoms in total. The molecule has 2 aromatic heterocycles. The van der Waals surface area contributed by atoms with Crippen LogP contribution in [-0.4, -0.2) is 51.6 Å². The number of halogens is 3. The van der Waals surface area contributed by atoms with E-state index in [0.717, 1.165) is 0 Å². The van der Waals surface area contributed by atoms with Gasteiger partial charge in [-0.25, -0.2) is 14.4 Å². The predicted molar refractivity (Wildman–Crippen MR) is 133 cm³/mol. The van der Waals surface area contributed by atoms with Crippen molar-refractivity contribution in [1.82, 2.24) is 19.4 Å². The number of hydrogen-bond acceptors (Lipinski definition) is 5. The maximum absolute atomic E-state index is 14.9. The molecule has 4 aromatic rings. The highest BCUT2D eigenvalue weighted by atomic mass is 35.5. The van der Waals surface area contributed by atoms with Gasteiger partial charge in [0.1, 0.15) is 24.1 Å². The highest BCUT2D eigenvalue weighted by molar-refractivity contribution is 6.45. The smallest absolute Gasteiger partial charge is 0.245 e. The Kier molecular flexibility index (Phi) is 6.25.